The maximum absolute atomic E-state index is 13.3. The first-order valence-electron chi connectivity index (χ1n) is 9.72. The van der Waals surface area contributed by atoms with E-state index in [-0.39, 0.29) is 15.4 Å². The van der Waals surface area contributed by atoms with Gasteiger partial charge in [0, 0.05) is 22.3 Å². The number of sulfone groups is 1. The molecule has 4 rings (SSSR count). The number of carbonyl (C=O) groups is 1. The van der Waals surface area contributed by atoms with Crippen molar-refractivity contribution < 1.29 is 17.9 Å². The van der Waals surface area contributed by atoms with Gasteiger partial charge in [-0.15, -0.1) is 11.8 Å². The number of hydrogen-bond donors (Lipinski definition) is 0. The van der Waals surface area contributed by atoms with Gasteiger partial charge in [-0.2, -0.15) is 0 Å². The van der Waals surface area contributed by atoms with E-state index in [1.807, 2.05) is 37.4 Å². The standard InChI is InChI=1S/C24H21NO4S2/c1-3-29-19-13-11-17(12-14-19)24(26)23-16-25(18-7-6-8-20(15-18)30-2)21-9-4-5-10-22(21)31(23,27)28/h4-16H,3H2,1-2H3. The maximum Gasteiger partial charge on any atom is 0.214 e. The Balaban J connectivity index is 1.84. The third kappa shape index (κ3) is 3.98. The first kappa shape index (κ1) is 21.2. The first-order chi connectivity index (χ1) is 15.0. The monoisotopic (exact) mass is 451 g/mol. The fraction of sp³-hybridized carbons (Fsp3) is 0.125. The lowest BCUT2D eigenvalue weighted by Gasteiger charge is -2.29. The van der Waals surface area contributed by atoms with Crippen molar-refractivity contribution in [3.05, 3.63) is 89.5 Å². The molecule has 1 heterocycles. The topological polar surface area (TPSA) is 63.7 Å². The number of thioether (sulfide) groups is 1. The van der Waals surface area contributed by atoms with E-state index in [1.165, 1.54) is 12.3 Å². The fourth-order valence-electron chi connectivity index (χ4n) is 3.42. The largest absolute Gasteiger partial charge is 0.494 e. The zero-order chi connectivity index (χ0) is 22.0. The summed E-state index contributed by atoms with van der Waals surface area (Å²) < 4.78 is 32.1. The van der Waals surface area contributed by atoms with Crippen molar-refractivity contribution in [2.24, 2.45) is 0 Å². The summed E-state index contributed by atoms with van der Waals surface area (Å²) in [5, 5.41) is 0. The lowest BCUT2D eigenvalue weighted by atomic mass is 10.1. The lowest BCUT2D eigenvalue weighted by molar-refractivity contribution is 0.104. The van der Waals surface area contributed by atoms with Crippen LogP contribution in [0.25, 0.3) is 0 Å². The third-order valence-corrected chi connectivity index (χ3v) is 7.45. The van der Waals surface area contributed by atoms with E-state index in [2.05, 4.69) is 0 Å². The van der Waals surface area contributed by atoms with Gasteiger partial charge >= 0.3 is 0 Å². The van der Waals surface area contributed by atoms with E-state index in [0.717, 1.165) is 10.6 Å². The summed E-state index contributed by atoms with van der Waals surface area (Å²) in [6.45, 7) is 2.38. The van der Waals surface area contributed by atoms with Crippen LogP contribution in [0.4, 0.5) is 11.4 Å². The van der Waals surface area contributed by atoms with Gasteiger partial charge in [0.05, 0.1) is 17.2 Å². The molecule has 0 saturated carbocycles. The number of rotatable bonds is 6. The van der Waals surface area contributed by atoms with Crippen LogP contribution >= 0.6 is 11.8 Å². The van der Waals surface area contributed by atoms with Crippen LogP contribution in [0.3, 0.4) is 0 Å². The molecule has 5 nitrogen and oxygen atoms in total. The molecule has 0 unspecified atom stereocenters. The molecule has 3 aromatic carbocycles. The molecule has 0 fully saturated rings. The second-order valence-corrected chi connectivity index (χ2v) is 9.59. The Hall–Kier alpha value is -3.03. The van der Waals surface area contributed by atoms with Crippen LogP contribution in [0.15, 0.2) is 93.7 Å². The molecule has 158 valence electrons. The highest BCUT2D eigenvalue weighted by Crippen LogP contribution is 2.41. The molecular formula is C24H21NO4S2. The first-order valence-corrected chi connectivity index (χ1v) is 12.4. The van der Waals surface area contributed by atoms with Gasteiger partial charge in [0.15, 0.2) is 0 Å². The highest BCUT2D eigenvalue weighted by Gasteiger charge is 2.36. The SMILES string of the molecule is CCOc1ccc(C(=O)C2=CN(c3cccc(SC)c3)c3ccccc3S2(=O)=O)cc1. The second kappa shape index (κ2) is 8.61. The maximum atomic E-state index is 13.3. The minimum atomic E-state index is -3.97. The zero-order valence-corrected chi connectivity index (χ0v) is 18.7. The smallest absolute Gasteiger partial charge is 0.214 e. The molecule has 0 atom stereocenters. The van der Waals surface area contributed by atoms with Gasteiger partial charge in [0.1, 0.15) is 10.7 Å². The number of ether oxygens (including phenoxy) is 1. The van der Waals surface area contributed by atoms with E-state index in [9.17, 15) is 13.2 Å². The van der Waals surface area contributed by atoms with Crippen LogP contribution in [0.2, 0.25) is 0 Å². The summed E-state index contributed by atoms with van der Waals surface area (Å²) in [6.07, 6.45) is 3.40. The minimum absolute atomic E-state index is 0.112. The van der Waals surface area contributed by atoms with E-state index in [0.29, 0.717) is 18.0 Å². The highest BCUT2D eigenvalue weighted by atomic mass is 32.2. The molecule has 1 aliphatic rings. The van der Waals surface area contributed by atoms with Crippen molar-refractivity contribution in [1.82, 2.24) is 0 Å². The number of anilines is 2. The quantitative estimate of drug-likeness (QED) is 0.366. The highest BCUT2D eigenvalue weighted by molar-refractivity contribution is 7.98. The van der Waals surface area contributed by atoms with Crippen LogP contribution in [-0.4, -0.2) is 27.1 Å². The number of para-hydroxylation sites is 1. The molecule has 0 aliphatic carbocycles. The molecule has 0 spiro atoms. The van der Waals surface area contributed by atoms with E-state index in [1.54, 1.807) is 59.1 Å². The van der Waals surface area contributed by atoms with Gasteiger partial charge in [0.25, 0.3) is 0 Å². The van der Waals surface area contributed by atoms with Gasteiger partial charge in [-0.05, 0) is 67.8 Å². The number of hydrogen-bond acceptors (Lipinski definition) is 6. The number of carbonyl (C=O) groups excluding carboxylic acids is 1. The Morgan fingerprint density at radius 1 is 1.00 bits per heavy atom. The number of ketones is 1. The van der Waals surface area contributed by atoms with Gasteiger partial charge < -0.3 is 9.64 Å². The summed E-state index contributed by atoms with van der Waals surface area (Å²) >= 11 is 1.59. The number of Topliss-reactive ketones (excluding diaryl/α,β-unsaturated/α-hetero) is 1. The molecule has 0 aromatic heterocycles. The van der Waals surface area contributed by atoms with Crippen LogP contribution < -0.4 is 9.64 Å². The van der Waals surface area contributed by atoms with Crippen molar-refractivity contribution in [2.45, 2.75) is 16.7 Å². The predicted octanol–water partition coefficient (Wildman–Crippen LogP) is 5.46. The third-order valence-electron chi connectivity index (χ3n) is 4.93. The zero-order valence-electron chi connectivity index (χ0n) is 17.1. The number of nitrogens with zero attached hydrogens (tertiary/aromatic N) is 1. The summed E-state index contributed by atoms with van der Waals surface area (Å²) in [6, 6.07) is 21.0. The molecule has 0 radical (unpaired) electrons. The Morgan fingerprint density at radius 3 is 2.45 bits per heavy atom. The molecule has 0 saturated heterocycles. The van der Waals surface area contributed by atoms with E-state index in [4.69, 9.17) is 4.74 Å². The van der Waals surface area contributed by atoms with Crippen LogP contribution in [0.5, 0.6) is 5.75 Å². The van der Waals surface area contributed by atoms with Gasteiger partial charge in [-0.3, -0.25) is 4.79 Å². The lowest BCUT2D eigenvalue weighted by Crippen LogP contribution is -2.25. The Bertz CT molecular complexity index is 1260. The van der Waals surface area contributed by atoms with Crippen LogP contribution in [0.1, 0.15) is 17.3 Å². The molecular weight excluding hydrogens is 430 g/mol. The van der Waals surface area contributed by atoms with Crippen molar-refractivity contribution in [2.75, 3.05) is 17.8 Å². The van der Waals surface area contributed by atoms with E-state index >= 15 is 0 Å². The molecule has 7 heteroatoms. The van der Waals surface area contributed by atoms with E-state index < -0.39 is 15.6 Å². The second-order valence-electron chi connectivity index (χ2n) is 6.82. The number of benzene rings is 3. The van der Waals surface area contributed by atoms with Gasteiger partial charge in [0.2, 0.25) is 15.6 Å². The molecule has 0 amide bonds. The van der Waals surface area contributed by atoms with Gasteiger partial charge in [-0.1, -0.05) is 18.2 Å². The van der Waals surface area contributed by atoms with Crippen molar-refractivity contribution in [3.8, 4) is 5.75 Å². The van der Waals surface area contributed by atoms with Crippen molar-refractivity contribution in [3.63, 3.8) is 0 Å². The summed E-state index contributed by atoms with van der Waals surface area (Å²) in [5.41, 5.74) is 1.59. The minimum Gasteiger partial charge on any atom is -0.494 e. The molecule has 1 aliphatic heterocycles. The number of allylic oxidation sites excluding steroid dienone is 1. The summed E-state index contributed by atoms with van der Waals surface area (Å²) in [7, 11) is -3.97. The summed E-state index contributed by atoms with van der Waals surface area (Å²) in [4.78, 5) is 15.9. The molecule has 0 N–H and O–H groups in total. The molecule has 3 aromatic rings. The van der Waals surface area contributed by atoms with Crippen LogP contribution in [0, 0.1) is 0 Å². The normalized spacial score (nSPS) is 14.5. The Morgan fingerprint density at radius 2 is 1.74 bits per heavy atom. The van der Waals surface area contributed by atoms with Crippen LogP contribution in [-0.2, 0) is 9.84 Å². The molecule has 31 heavy (non-hydrogen) atoms. The number of fused-ring (bicyclic) bond motifs is 1. The average Bonchev–Trinajstić information content (AvgIpc) is 2.79. The molecule has 0 bridgehead atoms. The Labute approximate surface area is 186 Å². The van der Waals surface area contributed by atoms with Gasteiger partial charge in [-0.25, -0.2) is 8.42 Å². The average molecular weight is 452 g/mol. The predicted molar refractivity (Wildman–Crippen MR) is 124 cm³/mol. The van der Waals surface area contributed by atoms with Crippen molar-refractivity contribution >= 4 is 38.8 Å². The fourth-order valence-corrected chi connectivity index (χ4v) is 5.42. The van der Waals surface area contributed by atoms with Crippen molar-refractivity contribution in [1.29, 1.82) is 0 Å². The summed E-state index contributed by atoms with van der Waals surface area (Å²) in [5.74, 6) is 0.0731. The Kier molecular flexibility index (Phi) is 5.89.